The molecule has 0 aromatic rings. The van der Waals surface area contributed by atoms with Crippen molar-refractivity contribution < 1.29 is 54.3 Å². The van der Waals surface area contributed by atoms with Crippen molar-refractivity contribution in [2.75, 3.05) is 6.61 Å². The van der Waals surface area contributed by atoms with Crippen LogP contribution in [0.25, 0.3) is 0 Å². The average molecular weight is 450 g/mol. The molecule has 0 heterocycles. The van der Waals surface area contributed by atoms with Gasteiger partial charge in [0.15, 0.2) is 6.04 Å². The standard InChI is InChI=1S/C16H26N4O11/c1-6(22)12(16(30)31)20-14(28)8(2-3-10(23)24)18-15(29)9(4-11(25)26)19-13(27)7(17)5-21/h6-9,12,21-22H,2-5,17H2,1H3,(H,18,29)(H,19,27)(H,20,28)(H,23,24)(H,25,26)(H,30,31). The fourth-order valence-electron chi connectivity index (χ4n) is 2.20. The van der Waals surface area contributed by atoms with Crippen molar-refractivity contribution in [3.05, 3.63) is 0 Å². The second-order valence-electron chi connectivity index (χ2n) is 6.51. The maximum Gasteiger partial charge on any atom is 0.328 e. The van der Waals surface area contributed by atoms with E-state index < -0.39 is 91.8 Å². The van der Waals surface area contributed by atoms with Crippen LogP contribution in [0.2, 0.25) is 0 Å². The number of amides is 3. The number of hydrogen-bond acceptors (Lipinski definition) is 9. The van der Waals surface area contributed by atoms with Gasteiger partial charge in [-0.25, -0.2) is 4.79 Å². The summed E-state index contributed by atoms with van der Waals surface area (Å²) in [6.07, 6.45) is -3.61. The molecule has 0 aliphatic heterocycles. The van der Waals surface area contributed by atoms with E-state index in [0.29, 0.717) is 0 Å². The molecule has 0 spiro atoms. The van der Waals surface area contributed by atoms with E-state index in [1.165, 1.54) is 0 Å². The normalized spacial score (nSPS) is 15.5. The molecular formula is C16H26N4O11. The molecule has 3 amide bonds. The van der Waals surface area contributed by atoms with Gasteiger partial charge in [-0.15, -0.1) is 0 Å². The van der Waals surface area contributed by atoms with Crippen molar-refractivity contribution in [1.82, 2.24) is 16.0 Å². The molecule has 0 aliphatic carbocycles. The van der Waals surface area contributed by atoms with Crippen LogP contribution in [-0.4, -0.2) is 98.0 Å². The Morgan fingerprint density at radius 3 is 1.77 bits per heavy atom. The lowest BCUT2D eigenvalue weighted by Crippen LogP contribution is -2.58. The molecule has 10 N–H and O–H groups in total. The molecule has 0 aromatic carbocycles. The van der Waals surface area contributed by atoms with E-state index in [2.05, 4.69) is 5.32 Å². The van der Waals surface area contributed by atoms with Gasteiger partial charge < -0.3 is 47.2 Å². The Morgan fingerprint density at radius 2 is 1.35 bits per heavy atom. The summed E-state index contributed by atoms with van der Waals surface area (Å²) in [6, 6.07) is -6.61. The first-order valence-corrected chi connectivity index (χ1v) is 8.92. The molecule has 176 valence electrons. The molecule has 5 atom stereocenters. The second-order valence-corrected chi connectivity index (χ2v) is 6.51. The first-order valence-electron chi connectivity index (χ1n) is 8.92. The number of aliphatic hydroxyl groups is 2. The van der Waals surface area contributed by atoms with Crippen molar-refractivity contribution in [3.8, 4) is 0 Å². The third-order valence-electron chi connectivity index (χ3n) is 3.87. The Balaban J connectivity index is 5.55. The summed E-state index contributed by atoms with van der Waals surface area (Å²) in [5, 5.41) is 51.1. The zero-order valence-corrected chi connectivity index (χ0v) is 16.5. The molecule has 0 fully saturated rings. The van der Waals surface area contributed by atoms with Crippen molar-refractivity contribution in [2.24, 2.45) is 5.73 Å². The lowest BCUT2D eigenvalue weighted by molar-refractivity contribution is -0.146. The molecule has 0 aromatic heterocycles. The van der Waals surface area contributed by atoms with Crippen LogP contribution in [0.1, 0.15) is 26.2 Å². The summed E-state index contributed by atoms with van der Waals surface area (Å²) < 4.78 is 0. The van der Waals surface area contributed by atoms with Gasteiger partial charge in [-0.2, -0.15) is 0 Å². The van der Waals surface area contributed by atoms with E-state index in [9.17, 15) is 33.9 Å². The van der Waals surface area contributed by atoms with Gasteiger partial charge in [0.05, 0.1) is 19.1 Å². The van der Waals surface area contributed by atoms with E-state index >= 15 is 0 Å². The number of nitrogens with one attached hydrogen (secondary N) is 3. The number of rotatable bonds is 14. The van der Waals surface area contributed by atoms with Crippen LogP contribution in [0.5, 0.6) is 0 Å². The molecule has 5 unspecified atom stereocenters. The number of carbonyl (C=O) groups excluding carboxylic acids is 3. The largest absolute Gasteiger partial charge is 0.481 e. The highest BCUT2D eigenvalue weighted by molar-refractivity contribution is 5.95. The number of nitrogens with two attached hydrogens (primary N) is 1. The Kier molecular flexibility index (Phi) is 11.7. The highest BCUT2D eigenvalue weighted by Crippen LogP contribution is 2.04. The third kappa shape index (κ3) is 10.3. The monoisotopic (exact) mass is 450 g/mol. The summed E-state index contributed by atoms with van der Waals surface area (Å²) in [7, 11) is 0. The van der Waals surface area contributed by atoms with E-state index in [1.54, 1.807) is 0 Å². The molecule has 31 heavy (non-hydrogen) atoms. The van der Waals surface area contributed by atoms with Crippen LogP contribution in [-0.2, 0) is 28.8 Å². The molecule has 0 saturated carbocycles. The number of aliphatic hydroxyl groups excluding tert-OH is 2. The highest BCUT2D eigenvalue weighted by Gasteiger charge is 2.32. The van der Waals surface area contributed by atoms with Crippen molar-refractivity contribution >= 4 is 35.6 Å². The Morgan fingerprint density at radius 1 is 0.839 bits per heavy atom. The molecule has 15 nitrogen and oxygen atoms in total. The Bertz CT molecular complexity index is 697. The maximum atomic E-state index is 12.5. The van der Waals surface area contributed by atoms with Crippen LogP contribution in [0.3, 0.4) is 0 Å². The number of carboxylic acid groups (broad SMARTS) is 3. The summed E-state index contributed by atoms with van der Waals surface area (Å²) in [5.74, 6) is -7.87. The molecule has 0 aliphatic rings. The van der Waals surface area contributed by atoms with Crippen molar-refractivity contribution in [3.63, 3.8) is 0 Å². The summed E-state index contributed by atoms with van der Waals surface area (Å²) in [6.45, 7) is 0.277. The van der Waals surface area contributed by atoms with Crippen LogP contribution in [0.15, 0.2) is 0 Å². The predicted octanol–water partition coefficient (Wildman–Crippen LogP) is -4.43. The zero-order chi connectivity index (χ0) is 24.3. The molecule has 0 rings (SSSR count). The molecule has 0 radical (unpaired) electrons. The van der Waals surface area contributed by atoms with Gasteiger partial charge >= 0.3 is 17.9 Å². The van der Waals surface area contributed by atoms with Crippen LogP contribution < -0.4 is 21.7 Å². The Hall–Kier alpha value is -3.30. The first kappa shape index (κ1) is 27.7. The minimum absolute atomic E-state index is 0.511. The van der Waals surface area contributed by atoms with E-state index in [4.69, 9.17) is 26.2 Å². The van der Waals surface area contributed by atoms with Crippen molar-refractivity contribution in [1.29, 1.82) is 0 Å². The van der Waals surface area contributed by atoms with Crippen LogP contribution in [0.4, 0.5) is 0 Å². The minimum atomic E-state index is -1.77. The average Bonchev–Trinajstić information content (AvgIpc) is 2.66. The van der Waals surface area contributed by atoms with E-state index in [0.717, 1.165) is 6.92 Å². The molecule has 0 bridgehead atoms. The topological polar surface area (TPSA) is 266 Å². The number of aliphatic carboxylic acids is 3. The fourth-order valence-corrected chi connectivity index (χ4v) is 2.20. The smallest absolute Gasteiger partial charge is 0.328 e. The van der Waals surface area contributed by atoms with Crippen molar-refractivity contribution in [2.45, 2.75) is 56.5 Å². The lowest BCUT2D eigenvalue weighted by Gasteiger charge is -2.25. The quantitative estimate of drug-likeness (QED) is 0.121. The summed E-state index contributed by atoms with van der Waals surface area (Å²) in [5.41, 5.74) is 5.29. The minimum Gasteiger partial charge on any atom is -0.481 e. The van der Waals surface area contributed by atoms with E-state index in [1.807, 2.05) is 10.6 Å². The summed E-state index contributed by atoms with van der Waals surface area (Å²) in [4.78, 5) is 69.6. The van der Waals surface area contributed by atoms with Gasteiger partial charge in [-0.1, -0.05) is 0 Å². The molecular weight excluding hydrogens is 424 g/mol. The maximum absolute atomic E-state index is 12.5. The first-order chi connectivity index (χ1) is 14.3. The number of carbonyl (C=O) groups is 6. The van der Waals surface area contributed by atoms with Gasteiger partial charge in [-0.3, -0.25) is 24.0 Å². The fraction of sp³-hybridized carbons (Fsp3) is 0.625. The summed E-state index contributed by atoms with van der Waals surface area (Å²) >= 11 is 0. The molecule has 0 saturated heterocycles. The molecule has 15 heteroatoms. The van der Waals surface area contributed by atoms with E-state index in [-0.39, 0.29) is 0 Å². The number of hydrogen-bond donors (Lipinski definition) is 9. The predicted molar refractivity (Wildman–Crippen MR) is 99.3 cm³/mol. The van der Waals surface area contributed by atoms with Crippen LogP contribution >= 0.6 is 0 Å². The third-order valence-corrected chi connectivity index (χ3v) is 3.87. The van der Waals surface area contributed by atoms with Gasteiger partial charge in [0.2, 0.25) is 17.7 Å². The highest BCUT2D eigenvalue weighted by atomic mass is 16.4. The van der Waals surface area contributed by atoms with Gasteiger partial charge in [-0.05, 0) is 13.3 Å². The van der Waals surface area contributed by atoms with Gasteiger partial charge in [0.25, 0.3) is 0 Å². The second kappa shape index (κ2) is 13.1. The Labute approximate surface area is 175 Å². The van der Waals surface area contributed by atoms with Gasteiger partial charge in [0, 0.05) is 6.42 Å². The zero-order valence-electron chi connectivity index (χ0n) is 16.5. The SMILES string of the molecule is CC(O)C(NC(=O)C(CCC(=O)O)NC(=O)C(CC(=O)O)NC(=O)C(N)CO)C(=O)O. The lowest BCUT2D eigenvalue weighted by atomic mass is 10.1. The van der Waals surface area contributed by atoms with Crippen LogP contribution in [0, 0.1) is 0 Å². The van der Waals surface area contributed by atoms with Gasteiger partial charge in [0.1, 0.15) is 18.1 Å². The number of carboxylic acids is 3.